The predicted molar refractivity (Wildman–Crippen MR) is 126 cm³/mol. The van der Waals surface area contributed by atoms with Gasteiger partial charge in [-0.1, -0.05) is 26.2 Å². The molecule has 1 spiro atoms. The number of halogens is 3. The fourth-order valence-corrected chi connectivity index (χ4v) is 6.04. The molecule has 8 nitrogen and oxygen atoms in total. The van der Waals surface area contributed by atoms with Crippen LogP contribution in [-0.2, 0) is 14.6 Å². The van der Waals surface area contributed by atoms with Crippen LogP contribution >= 0.6 is 0 Å². The van der Waals surface area contributed by atoms with Crippen molar-refractivity contribution in [3.05, 3.63) is 42.7 Å². The first-order valence-electron chi connectivity index (χ1n) is 11.8. The van der Waals surface area contributed by atoms with Gasteiger partial charge in [0.05, 0.1) is 28.2 Å². The predicted octanol–water partition coefficient (Wildman–Crippen LogP) is 4.87. The molecule has 5 rings (SSSR count). The Morgan fingerprint density at radius 2 is 1.69 bits per heavy atom. The van der Waals surface area contributed by atoms with Crippen LogP contribution in [0.3, 0.4) is 0 Å². The summed E-state index contributed by atoms with van der Waals surface area (Å²) in [5.41, 5.74) is -5.42. The van der Waals surface area contributed by atoms with Crippen molar-refractivity contribution >= 4 is 38.8 Å². The van der Waals surface area contributed by atoms with Gasteiger partial charge in [-0.2, -0.15) is 13.2 Å². The number of nitrogens with zero attached hydrogens (tertiary/aromatic N) is 3. The lowest BCUT2D eigenvalue weighted by molar-refractivity contribution is -0.119. The number of hydrogen-bond donors (Lipinski definition) is 1. The van der Waals surface area contributed by atoms with Crippen molar-refractivity contribution in [3.63, 3.8) is 0 Å². The maximum Gasteiger partial charge on any atom is 0.501 e. The monoisotopic (exact) mass is 522 g/mol. The van der Waals surface area contributed by atoms with Crippen LogP contribution in [0.1, 0.15) is 45.4 Å². The van der Waals surface area contributed by atoms with Crippen molar-refractivity contribution in [2.75, 3.05) is 15.1 Å². The molecule has 2 aromatic rings. The van der Waals surface area contributed by atoms with Crippen molar-refractivity contribution in [2.24, 2.45) is 5.92 Å². The van der Waals surface area contributed by atoms with Crippen LogP contribution in [0, 0.1) is 5.92 Å². The molecule has 3 aliphatic rings. The minimum atomic E-state index is -5.55. The molecule has 2 atom stereocenters. The molecule has 1 aromatic heterocycles. The van der Waals surface area contributed by atoms with E-state index in [2.05, 4.69) is 10.3 Å². The number of benzene rings is 1. The molecule has 2 unspecified atom stereocenters. The Hall–Kier alpha value is -3.15. The minimum absolute atomic E-state index is 0.00273. The fourth-order valence-electron chi connectivity index (χ4n) is 5.28. The summed E-state index contributed by atoms with van der Waals surface area (Å²) < 4.78 is 62.2. The Balaban J connectivity index is 1.50. The third kappa shape index (κ3) is 3.73. The lowest BCUT2D eigenvalue weighted by Crippen LogP contribution is -2.39. The van der Waals surface area contributed by atoms with Crippen LogP contribution < -0.4 is 15.1 Å². The largest absolute Gasteiger partial charge is 0.501 e. The Morgan fingerprint density at radius 3 is 2.28 bits per heavy atom. The standard InChI is InChI=1S/C24H25F3N4O4S/c1-15-13-23(15)21(32)30(17-7-9-18(10-8-17)36(34,35)24(25,26)27)22(33)31(23)20-11-12-28-14-19(20)29-16-5-3-2-4-6-16/h7-12,14-16,29H,2-6,13H2,1H3. The Morgan fingerprint density at radius 1 is 1.06 bits per heavy atom. The van der Waals surface area contributed by atoms with Crippen LogP contribution in [0.4, 0.5) is 35.0 Å². The summed E-state index contributed by atoms with van der Waals surface area (Å²) in [6.45, 7) is 1.86. The first kappa shape index (κ1) is 24.5. The number of hydrogen-bond acceptors (Lipinski definition) is 6. The highest BCUT2D eigenvalue weighted by molar-refractivity contribution is 7.92. The molecule has 2 heterocycles. The number of carbonyl (C=O) groups is 2. The molecule has 2 saturated carbocycles. The fraction of sp³-hybridized carbons (Fsp3) is 0.458. The van der Waals surface area contributed by atoms with Gasteiger partial charge < -0.3 is 5.32 Å². The molecular formula is C24H25F3N4O4S. The van der Waals surface area contributed by atoms with E-state index in [9.17, 15) is 31.2 Å². The summed E-state index contributed by atoms with van der Waals surface area (Å²) in [5.74, 6) is -0.633. The number of rotatable bonds is 5. The molecular weight excluding hydrogens is 497 g/mol. The number of amides is 3. The molecule has 3 amide bonds. The summed E-state index contributed by atoms with van der Waals surface area (Å²) in [6, 6.07) is 4.86. The summed E-state index contributed by atoms with van der Waals surface area (Å²) in [7, 11) is -5.55. The normalized spacial score (nSPS) is 25.1. The summed E-state index contributed by atoms with van der Waals surface area (Å²) in [4.78, 5) is 32.9. The van der Waals surface area contributed by atoms with Crippen molar-refractivity contribution in [1.29, 1.82) is 0 Å². The zero-order valence-corrected chi connectivity index (χ0v) is 20.3. The number of pyridine rings is 1. The first-order valence-corrected chi connectivity index (χ1v) is 13.3. The van der Waals surface area contributed by atoms with E-state index in [0.29, 0.717) is 17.8 Å². The number of anilines is 3. The van der Waals surface area contributed by atoms with E-state index < -0.39 is 37.7 Å². The summed E-state index contributed by atoms with van der Waals surface area (Å²) in [5, 5.41) is 3.48. The number of alkyl halides is 3. The minimum Gasteiger partial charge on any atom is -0.379 e. The van der Waals surface area contributed by atoms with Gasteiger partial charge in [-0.25, -0.2) is 18.1 Å². The van der Waals surface area contributed by atoms with Gasteiger partial charge in [-0.3, -0.25) is 14.7 Å². The summed E-state index contributed by atoms with van der Waals surface area (Å²) in [6.07, 6.45) is 8.95. The van der Waals surface area contributed by atoms with Gasteiger partial charge in [0, 0.05) is 12.2 Å². The molecule has 1 saturated heterocycles. The Bertz CT molecular complexity index is 1310. The molecule has 1 aromatic carbocycles. The van der Waals surface area contributed by atoms with Crippen LogP contribution in [0.2, 0.25) is 0 Å². The van der Waals surface area contributed by atoms with E-state index >= 15 is 0 Å². The number of urea groups is 1. The van der Waals surface area contributed by atoms with Gasteiger partial charge in [0.25, 0.3) is 15.7 Å². The molecule has 12 heteroatoms. The van der Waals surface area contributed by atoms with Gasteiger partial charge in [0.1, 0.15) is 5.54 Å². The van der Waals surface area contributed by atoms with Crippen molar-refractivity contribution in [1.82, 2.24) is 4.98 Å². The highest BCUT2D eigenvalue weighted by Gasteiger charge is 2.71. The smallest absolute Gasteiger partial charge is 0.379 e. The first-order chi connectivity index (χ1) is 17.0. The van der Waals surface area contributed by atoms with Gasteiger partial charge in [-0.15, -0.1) is 0 Å². The number of imide groups is 1. The Kier molecular flexibility index (Phi) is 5.77. The number of carbonyl (C=O) groups excluding carboxylic acids is 2. The lowest BCUT2D eigenvalue weighted by atomic mass is 9.95. The average molecular weight is 523 g/mol. The zero-order valence-electron chi connectivity index (χ0n) is 19.5. The zero-order chi connectivity index (χ0) is 25.9. The molecule has 3 fully saturated rings. The topological polar surface area (TPSA) is 99.7 Å². The van der Waals surface area contributed by atoms with E-state index in [4.69, 9.17) is 0 Å². The number of aromatic nitrogens is 1. The quantitative estimate of drug-likeness (QED) is 0.563. The molecule has 36 heavy (non-hydrogen) atoms. The number of sulfone groups is 1. The van der Waals surface area contributed by atoms with Crippen LogP contribution in [-0.4, -0.2) is 42.4 Å². The van der Waals surface area contributed by atoms with E-state index in [1.165, 1.54) is 11.3 Å². The van der Waals surface area contributed by atoms with Gasteiger partial charge >= 0.3 is 11.5 Å². The third-order valence-electron chi connectivity index (χ3n) is 7.34. The van der Waals surface area contributed by atoms with Crippen molar-refractivity contribution < 1.29 is 31.2 Å². The molecule has 0 radical (unpaired) electrons. The van der Waals surface area contributed by atoms with Crippen LogP contribution in [0.15, 0.2) is 47.6 Å². The van der Waals surface area contributed by atoms with E-state index in [-0.39, 0.29) is 17.6 Å². The molecule has 0 bridgehead atoms. The van der Waals surface area contributed by atoms with Gasteiger partial charge in [0.2, 0.25) is 0 Å². The number of nitrogens with one attached hydrogen (secondary N) is 1. The molecule has 2 aliphatic carbocycles. The van der Waals surface area contributed by atoms with Crippen LogP contribution in [0.25, 0.3) is 0 Å². The SMILES string of the molecule is CC1CC12C(=O)N(c1ccc(S(=O)(=O)C(F)(F)F)cc1)C(=O)N2c1ccncc1NC1CCCCC1. The molecule has 192 valence electrons. The van der Waals surface area contributed by atoms with Crippen LogP contribution in [0.5, 0.6) is 0 Å². The third-order valence-corrected chi connectivity index (χ3v) is 8.84. The molecule has 1 N–H and O–H groups in total. The second kappa shape index (κ2) is 8.46. The summed E-state index contributed by atoms with van der Waals surface area (Å²) >= 11 is 0. The lowest BCUT2D eigenvalue weighted by Gasteiger charge is -2.29. The van der Waals surface area contributed by atoms with E-state index in [0.717, 1.165) is 54.8 Å². The average Bonchev–Trinajstić information content (AvgIpc) is 3.46. The highest BCUT2D eigenvalue weighted by atomic mass is 32.2. The highest BCUT2D eigenvalue weighted by Crippen LogP contribution is 2.56. The van der Waals surface area contributed by atoms with E-state index in [1.54, 1.807) is 18.5 Å². The van der Waals surface area contributed by atoms with Gasteiger partial charge in [-0.05, 0) is 55.5 Å². The Labute approximate surface area is 206 Å². The van der Waals surface area contributed by atoms with Gasteiger partial charge in [0.15, 0.2) is 0 Å². The maximum absolute atomic E-state index is 13.7. The van der Waals surface area contributed by atoms with Crippen molar-refractivity contribution in [2.45, 2.75) is 67.4 Å². The van der Waals surface area contributed by atoms with E-state index in [1.807, 2.05) is 6.92 Å². The maximum atomic E-state index is 13.7. The van der Waals surface area contributed by atoms with Crippen molar-refractivity contribution in [3.8, 4) is 0 Å². The second-order valence-electron chi connectivity index (χ2n) is 9.60. The second-order valence-corrected chi connectivity index (χ2v) is 11.5. The molecule has 1 aliphatic heterocycles.